The molecule has 0 atom stereocenters. The van der Waals surface area contributed by atoms with Gasteiger partial charge in [0.1, 0.15) is 21.6 Å². The van der Waals surface area contributed by atoms with Crippen molar-refractivity contribution in [3.05, 3.63) is 36.4 Å². The minimum atomic E-state index is -4.95. The van der Waals surface area contributed by atoms with Crippen LogP contribution in [0.4, 0.5) is 0 Å². The van der Waals surface area contributed by atoms with E-state index in [2.05, 4.69) is 38.6 Å². The van der Waals surface area contributed by atoms with Crippen LogP contribution in [0.1, 0.15) is 34.1 Å². The summed E-state index contributed by atoms with van der Waals surface area (Å²) < 4.78 is 54.7. The van der Waals surface area contributed by atoms with E-state index in [4.69, 9.17) is 9.47 Å². The fourth-order valence-electron chi connectivity index (χ4n) is 2.71. The number of hydrogen-bond donors (Lipinski definition) is 2. The second kappa shape index (κ2) is 20.9. The number of benzene rings is 2. The molecule has 0 heterocycles. The van der Waals surface area contributed by atoms with Crippen molar-refractivity contribution < 1.29 is 51.4 Å². The van der Waals surface area contributed by atoms with Gasteiger partial charge in [0.05, 0.1) is 21.8 Å². The highest BCUT2D eigenvalue weighted by Gasteiger charge is 2.16. The highest BCUT2D eigenvalue weighted by molar-refractivity contribution is 7.94. The molecule has 226 valence electrons. The maximum atomic E-state index is 11.8. The maximum Gasteiger partial charge on any atom is 0.257 e. The van der Waals surface area contributed by atoms with Gasteiger partial charge in [-0.15, -0.1) is 0 Å². The van der Waals surface area contributed by atoms with Crippen molar-refractivity contribution in [1.82, 2.24) is 10.6 Å². The van der Waals surface area contributed by atoms with E-state index in [0.717, 1.165) is 6.07 Å². The average molecular weight is 605 g/mol. The molecular formula is C25H36N2O11S2-2. The fourth-order valence-corrected chi connectivity index (χ4v) is 3.84. The maximum absolute atomic E-state index is 11.8. The second-order valence-corrected chi connectivity index (χ2v) is 9.69. The predicted molar refractivity (Wildman–Crippen MR) is 145 cm³/mol. The molecular weight excluding hydrogens is 568 g/mol. The lowest BCUT2D eigenvalue weighted by atomic mass is 10.1. The smallest absolute Gasteiger partial charge is 0.257 e. The van der Waals surface area contributed by atoms with E-state index in [1.807, 2.05) is 0 Å². The van der Waals surface area contributed by atoms with Crippen LogP contribution >= 0.6 is 12.0 Å². The highest BCUT2D eigenvalue weighted by Crippen LogP contribution is 2.36. The third-order valence-electron chi connectivity index (χ3n) is 4.11. The van der Waals surface area contributed by atoms with E-state index in [1.165, 1.54) is 30.7 Å². The van der Waals surface area contributed by atoms with Gasteiger partial charge in [0.25, 0.3) is 11.8 Å². The van der Waals surface area contributed by atoms with Crippen molar-refractivity contribution in [2.45, 2.75) is 43.9 Å². The molecule has 0 spiro atoms. The number of nitrogens with one attached hydrogen (secondary N) is 2. The fraction of sp³-hybridized carbons (Fsp3) is 0.440. The number of amides is 2. The molecule has 0 radical (unpaired) electrons. The molecule has 2 aromatic carbocycles. The lowest BCUT2D eigenvalue weighted by Gasteiger charge is -2.16. The second-order valence-electron chi connectivity index (χ2n) is 7.60. The molecule has 0 aliphatic carbocycles. The summed E-state index contributed by atoms with van der Waals surface area (Å²) in [4.78, 5) is 22.8. The van der Waals surface area contributed by atoms with Crippen LogP contribution in [0.3, 0.4) is 0 Å². The van der Waals surface area contributed by atoms with Gasteiger partial charge in [0.15, 0.2) is 13.2 Å². The summed E-state index contributed by atoms with van der Waals surface area (Å²) in [6.07, 6.45) is 1.25. The van der Waals surface area contributed by atoms with Crippen molar-refractivity contribution in [2.75, 3.05) is 40.5 Å². The SMILES string of the molecule is CCC.CCNC(=O)COc1ccc(-c2ccc(OCC(=O)NCC)c(S(=O)(=O)[O-])c2)cc1SOO[O-].COC. The number of carbonyl (C=O) groups excluding carboxylic acids is 2. The predicted octanol–water partition coefficient (Wildman–Crippen LogP) is 2.20. The summed E-state index contributed by atoms with van der Waals surface area (Å²) in [7, 11) is -1.70. The Balaban J connectivity index is 0.00000232. The van der Waals surface area contributed by atoms with Crippen LogP contribution in [0.2, 0.25) is 0 Å². The molecule has 2 amide bonds. The molecule has 0 bridgehead atoms. The number of likely N-dealkylation sites (N-methyl/N-ethyl adjacent to an activating group) is 2. The summed E-state index contributed by atoms with van der Waals surface area (Å²) >= 11 is 0.509. The highest BCUT2D eigenvalue weighted by atomic mass is 32.2. The molecule has 0 unspecified atom stereocenters. The molecule has 0 saturated heterocycles. The molecule has 0 aliphatic heterocycles. The molecule has 2 N–H and O–H groups in total. The third-order valence-corrected chi connectivity index (χ3v) is 5.59. The molecule has 2 aromatic rings. The van der Waals surface area contributed by atoms with Gasteiger partial charge < -0.3 is 34.7 Å². The van der Waals surface area contributed by atoms with Crippen molar-refractivity contribution in [3.8, 4) is 22.6 Å². The number of rotatable bonds is 13. The summed E-state index contributed by atoms with van der Waals surface area (Å²) in [6.45, 7) is 7.72. The first-order valence-corrected chi connectivity index (χ1v) is 14.2. The van der Waals surface area contributed by atoms with Crippen LogP contribution in [0.5, 0.6) is 11.5 Å². The van der Waals surface area contributed by atoms with Gasteiger partial charge in [0.2, 0.25) is 0 Å². The first-order chi connectivity index (χ1) is 19.0. The van der Waals surface area contributed by atoms with Gasteiger partial charge in [-0.2, -0.15) is 4.33 Å². The van der Waals surface area contributed by atoms with E-state index in [9.17, 15) is 27.8 Å². The Morgan fingerprint density at radius 2 is 1.30 bits per heavy atom. The quantitative estimate of drug-likeness (QED) is 0.147. The number of methoxy groups -OCH3 is 1. The van der Waals surface area contributed by atoms with Crippen molar-refractivity contribution in [1.29, 1.82) is 0 Å². The van der Waals surface area contributed by atoms with Gasteiger partial charge in [-0.3, -0.25) is 14.6 Å². The van der Waals surface area contributed by atoms with E-state index >= 15 is 0 Å². The molecule has 0 aliphatic rings. The van der Waals surface area contributed by atoms with Crippen LogP contribution in [0.15, 0.2) is 46.2 Å². The standard InChI is InChI=1S/C20H24N2O10S2.C3H8.C2H6O/c1-3-21-19(23)11-29-15-7-5-13(9-17(15)33-32-31-25)14-6-8-16(18(10-14)34(26,27)28)30-12-20(24)22-4-2;2*1-3-2/h5-10,25H,3-4,11-12H2,1-2H3,(H,21,23)(H,22,24)(H,26,27,28);3H2,1-2H3;1-2H3/p-2. The monoisotopic (exact) mass is 604 g/mol. The molecule has 13 nitrogen and oxygen atoms in total. The van der Waals surface area contributed by atoms with Gasteiger partial charge in [-0.05, 0) is 49.2 Å². The Morgan fingerprint density at radius 3 is 1.75 bits per heavy atom. The van der Waals surface area contributed by atoms with Gasteiger partial charge >= 0.3 is 0 Å². The van der Waals surface area contributed by atoms with Crippen LogP contribution in [0, 0.1) is 0 Å². The Kier molecular flexibility index (Phi) is 19.4. The summed E-state index contributed by atoms with van der Waals surface area (Å²) in [5.41, 5.74) is 0.725. The lowest BCUT2D eigenvalue weighted by molar-refractivity contribution is -0.777. The molecule has 15 heteroatoms. The van der Waals surface area contributed by atoms with Crippen LogP contribution < -0.4 is 25.4 Å². The zero-order chi connectivity index (χ0) is 30.6. The van der Waals surface area contributed by atoms with Gasteiger partial charge in [-0.25, -0.2) is 8.42 Å². The van der Waals surface area contributed by atoms with Gasteiger partial charge in [0, 0.05) is 27.3 Å². The summed E-state index contributed by atoms with van der Waals surface area (Å²) in [5.74, 6) is -0.927. The summed E-state index contributed by atoms with van der Waals surface area (Å²) in [6, 6.07) is 8.31. The van der Waals surface area contributed by atoms with Crippen LogP contribution in [-0.2, 0) is 33.8 Å². The van der Waals surface area contributed by atoms with E-state index in [1.54, 1.807) is 34.1 Å². The number of hydrogen-bond acceptors (Lipinski definition) is 12. The molecule has 2 rings (SSSR count). The van der Waals surface area contributed by atoms with E-state index in [0.29, 0.717) is 36.3 Å². The van der Waals surface area contributed by atoms with Crippen molar-refractivity contribution in [3.63, 3.8) is 0 Å². The van der Waals surface area contributed by atoms with Gasteiger partial charge in [-0.1, -0.05) is 32.4 Å². The molecule has 0 saturated carbocycles. The van der Waals surface area contributed by atoms with E-state index < -0.39 is 27.5 Å². The zero-order valence-electron chi connectivity index (χ0n) is 23.3. The Labute approximate surface area is 239 Å². The zero-order valence-corrected chi connectivity index (χ0v) is 24.9. The molecule has 0 aromatic heterocycles. The Bertz CT molecular complexity index is 1140. The minimum Gasteiger partial charge on any atom is -0.744 e. The molecule has 0 fully saturated rings. The third kappa shape index (κ3) is 14.5. The van der Waals surface area contributed by atoms with Crippen LogP contribution in [-0.4, -0.2) is 65.3 Å². The Hall–Kier alpha value is -2.92. The van der Waals surface area contributed by atoms with Crippen molar-refractivity contribution >= 4 is 34.0 Å². The topological polar surface area (TPSA) is 185 Å². The largest absolute Gasteiger partial charge is 0.744 e. The number of ether oxygens (including phenoxy) is 3. The van der Waals surface area contributed by atoms with Crippen molar-refractivity contribution in [2.24, 2.45) is 0 Å². The lowest BCUT2D eigenvalue weighted by Crippen LogP contribution is -2.28. The summed E-state index contributed by atoms with van der Waals surface area (Å²) in [5, 5.41) is 18.7. The number of carbonyl (C=O) groups is 2. The van der Waals surface area contributed by atoms with Crippen LogP contribution in [0.25, 0.3) is 11.1 Å². The average Bonchev–Trinajstić information content (AvgIpc) is 2.90. The minimum absolute atomic E-state index is 0.190. The Morgan fingerprint density at radius 1 is 0.850 bits per heavy atom. The molecule has 40 heavy (non-hydrogen) atoms. The first kappa shape index (κ1) is 37.1. The van der Waals surface area contributed by atoms with E-state index in [-0.39, 0.29) is 28.9 Å². The first-order valence-electron chi connectivity index (χ1n) is 12.1. The normalized spacial score (nSPS) is 10.3.